The first-order chi connectivity index (χ1) is 28.9. The van der Waals surface area contributed by atoms with E-state index >= 15 is 0 Å². The van der Waals surface area contributed by atoms with Crippen molar-refractivity contribution in [3.05, 3.63) is 217 Å². The second kappa shape index (κ2) is 15.6. The maximum absolute atomic E-state index is 3.29. The summed E-state index contributed by atoms with van der Waals surface area (Å²) in [4.78, 5) is 2.40. The fraction of sp³-hybridized carbons (Fsp3) is 0.0545. The van der Waals surface area contributed by atoms with Gasteiger partial charge in [-0.1, -0.05) is 159 Å². The Bertz CT molecular complexity index is 2940. The molecule has 0 aliphatic heterocycles. The first kappa shape index (κ1) is 37.2. The van der Waals surface area contributed by atoms with Crippen molar-refractivity contribution in [2.75, 3.05) is 9.62 Å². The van der Waals surface area contributed by atoms with Gasteiger partial charge in [0.05, 0.1) is 0 Å². The van der Waals surface area contributed by atoms with Gasteiger partial charge in [-0.25, -0.2) is 0 Å². The lowest BCUT2D eigenvalue weighted by Gasteiger charge is -2.28. The van der Waals surface area contributed by atoms with Gasteiger partial charge in [0.2, 0.25) is 0 Å². The highest BCUT2D eigenvalue weighted by molar-refractivity contribution is 14.2. The van der Waals surface area contributed by atoms with E-state index in [1.54, 1.807) is 9.12 Å². The highest BCUT2D eigenvalue weighted by atomic mass is 127. The quantitative estimate of drug-likeness (QED) is 0.115. The van der Waals surface area contributed by atoms with Crippen molar-refractivity contribution in [2.45, 2.75) is 19.3 Å². The molecule has 0 amide bonds. The van der Waals surface area contributed by atoms with Gasteiger partial charge >= 0.3 is 0 Å². The van der Waals surface area contributed by atoms with Crippen LogP contribution in [0.15, 0.2) is 206 Å². The van der Waals surface area contributed by atoms with E-state index < -0.39 is 0 Å². The fourth-order valence-corrected chi connectivity index (χ4v) is 9.72. The van der Waals surface area contributed by atoms with Crippen LogP contribution in [-0.2, 0) is 5.41 Å². The predicted molar refractivity (Wildman–Crippen MR) is 263 cm³/mol. The molecule has 0 aromatic heterocycles. The summed E-state index contributed by atoms with van der Waals surface area (Å²) in [7, 11) is 1.57. The van der Waals surface area contributed by atoms with Crippen LogP contribution in [0.3, 0.4) is 0 Å². The molecule has 0 radical (unpaired) electrons. The van der Waals surface area contributed by atoms with Gasteiger partial charge in [-0.15, -0.1) is 0 Å². The van der Waals surface area contributed by atoms with E-state index in [2.05, 4.69) is 251 Å². The topological polar surface area (TPSA) is 15.3 Å². The minimum atomic E-state index is -0.181. The van der Waals surface area contributed by atoms with Crippen LogP contribution in [0.4, 0.5) is 22.7 Å². The normalized spacial score (nSPS) is 12.5. The maximum atomic E-state index is 3.29. The van der Waals surface area contributed by atoms with Crippen molar-refractivity contribution in [3.8, 4) is 55.6 Å². The molecule has 0 unspecified atom stereocenters. The van der Waals surface area contributed by atoms with Crippen LogP contribution >= 0.6 is 30.3 Å². The van der Waals surface area contributed by atoms with Crippen molar-refractivity contribution in [2.24, 2.45) is 0 Å². The van der Waals surface area contributed by atoms with Crippen LogP contribution in [-0.4, -0.2) is 0 Å². The van der Waals surface area contributed by atoms with E-state index in [0.717, 1.165) is 22.7 Å². The summed E-state index contributed by atoms with van der Waals surface area (Å²) in [5, 5.41) is 2.53. The van der Waals surface area contributed by atoms with Crippen LogP contribution in [0.1, 0.15) is 25.0 Å². The minimum Gasteiger partial charge on any atom is -0.321 e. The minimum absolute atomic E-state index is 0.181. The van der Waals surface area contributed by atoms with Crippen LogP contribution in [0.2, 0.25) is 0 Å². The van der Waals surface area contributed by atoms with Crippen molar-refractivity contribution >= 4 is 63.8 Å². The molecule has 0 atom stereocenters. The lowest BCUT2D eigenvalue weighted by Crippen LogP contribution is -2.16. The summed E-state index contributed by atoms with van der Waals surface area (Å²) in [5.74, 6) is 0. The Balaban J connectivity index is 0.995. The highest BCUT2D eigenvalue weighted by Gasteiger charge is 2.36. The van der Waals surface area contributed by atoms with E-state index in [4.69, 9.17) is 0 Å². The van der Waals surface area contributed by atoms with E-state index in [1.807, 2.05) is 0 Å². The van der Waals surface area contributed by atoms with Gasteiger partial charge in [0.1, 0.15) is 0 Å². The summed E-state index contributed by atoms with van der Waals surface area (Å²) in [6.07, 6.45) is 0. The average molecular weight is 889 g/mol. The van der Waals surface area contributed by atoms with Gasteiger partial charge < -0.3 is 9.62 Å². The van der Waals surface area contributed by atoms with Crippen LogP contribution < -0.4 is 9.62 Å². The third-order valence-corrected chi connectivity index (χ3v) is 12.9. The second-order valence-corrected chi connectivity index (χ2v) is 17.5. The molecule has 0 bridgehead atoms. The zero-order chi connectivity index (χ0) is 39.9. The molecule has 2 nitrogen and oxygen atoms in total. The molecule has 0 spiro atoms. The highest BCUT2D eigenvalue weighted by Crippen LogP contribution is 2.52. The number of benzene rings is 9. The summed E-state index contributed by atoms with van der Waals surface area (Å²) in [6, 6.07) is 75.6. The second-order valence-electron chi connectivity index (χ2n) is 15.8. The standard InChI is InChI=1S/C55H41IN2S/c1-55(2)53-35-46(45-17-16-38-10-6-7-11-44(38)34-45)24-32-51(53)52-33-31-50(36-54(52)55)58(48-27-20-42(21-28-48)37-8-4-3-5-9-37)49-29-22-43(23-30-49)40-14-12-39(13-15-40)41-18-25-47(26-19-41)57-59-56/h3-36,57H,1-2H3. The molecule has 1 N–H and O–H groups in total. The Morgan fingerprint density at radius 2 is 0.814 bits per heavy atom. The molecule has 1 aliphatic rings. The molecule has 4 heteroatoms. The summed E-state index contributed by atoms with van der Waals surface area (Å²) >= 11 is 2.25. The van der Waals surface area contributed by atoms with Gasteiger partial charge in [0, 0.05) is 58.5 Å². The number of fused-ring (bicyclic) bond motifs is 4. The van der Waals surface area contributed by atoms with Crippen molar-refractivity contribution in [1.82, 2.24) is 0 Å². The number of halogens is 1. The van der Waals surface area contributed by atoms with E-state index in [1.165, 1.54) is 77.5 Å². The molecular weight excluding hydrogens is 848 g/mol. The molecule has 59 heavy (non-hydrogen) atoms. The molecule has 0 fully saturated rings. The SMILES string of the molecule is CC1(C)c2cc(-c3ccc4ccccc4c3)ccc2-c2ccc(N(c3ccc(-c4ccccc4)cc3)c3ccc(-c4ccc(-c5ccc(NSI)cc5)cc4)cc3)cc21. The van der Waals surface area contributed by atoms with Crippen molar-refractivity contribution < 1.29 is 0 Å². The van der Waals surface area contributed by atoms with Crippen LogP contribution in [0.25, 0.3) is 66.4 Å². The first-order valence-electron chi connectivity index (χ1n) is 20.0. The molecule has 9 aromatic carbocycles. The van der Waals surface area contributed by atoms with Gasteiger partial charge in [-0.2, -0.15) is 0 Å². The Labute approximate surface area is 363 Å². The van der Waals surface area contributed by atoms with Crippen LogP contribution in [0.5, 0.6) is 0 Å². The Morgan fingerprint density at radius 3 is 1.41 bits per heavy atom. The third kappa shape index (κ3) is 7.11. The molecule has 0 saturated carbocycles. The third-order valence-electron chi connectivity index (χ3n) is 12.0. The van der Waals surface area contributed by atoms with Crippen molar-refractivity contribution in [3.63, 3.8) is 0 Å². The molecule has 1 aliphatic carbocycles. The van der Waals surface area contributed by atoms with E-state index in [0.29, 0.717) is 0 Å². The molecule has 0 heterocycles. The summed E-state index contributed by atoms with van der Waals surface area (Å²) in [6.45, 7) is 4.75. The summed E-state index contributed by atoms with van der Waals surface area (Å²) < 4.78 is 3.29. The Kier molecular flexibility index (Phi) is 9.83. The molecule has 10 rings (SSSR count). The first-order valence-corrected chi connectivity index (χ1v) is 23.4. The van der Waals surface area contributed by atoms with Crippen molar-refractivity contribution in [1.29, 1.82) is 0 Å². The largest absolute Gasteiger partial charge is 0.321 e. The van der Waals surface area contributed by atoms with E-state index in [9.17, 15) is 0 Å². The zero-order valence-electron chi connectivity index (χ0n) is 32.9. The van der Waals surface area contributed by atoms with Gasteiger partial charge in [-0.3, -0.25) is 0 Å². The Morgan fingerprint density at radius 1 is 0.390 bits per heavy atom. The smallest absolute Gasteiger partial charge is 0.0465 e. The molecule has 284 valence electrons. The number of nitrogens with zero attached hydrogens (tertiary/aromatic N) is 1. The maximum Gasteiger partial charge on any atom is 0.0465 e. The number of hydrogen-bond acceptors (Lipinski definition) is 3. The molecule has 9 aromatic rings. The fourth-order valence-electron chi connectivity index (χ4n) is 8.73. The van der Waals surface area contributed by atoms with E-state index in [-0.39, 0.29) is 5.41 Å². The average Bonchev–Trinajstić information content (AvgIpc) is 3.52. The predicted octanol–water partition coefficient (Wildman–Crippen LogP) is 16.7. The van der Waals surface area contributed by atoms with Gasteiger partial charge in [-0.05, 0) is 138 Å². The van der Waals surface area contributed by atoms with Gasteiger partial charge in [0.15, 0.2) is 0 Å². The number of hydrogen-bond donors (Lipinski definition) is 1. The lowest BCUT2D eigenvalue weighted by atomic mass is 9.81. The zero-order valence-corrected chi connectivity index (χ0v) is 35.8. The number of rotatable bonds is 9. The monoisotopic (exact) mass is 888 g/mol. The molecule has 0 saturated heterocycles. The van der Waals surface area contributed by atoms with Crippen LogP contribution in [0, 0.1) is 0 Å². The Hall–Kier alpha value is -6.08. The summed E-state index contributed by atoms with van der Waals surface area (Å²) in [5.41, 5.74) is 19.3. The van der Waals surface area contributed by atoms with Gasteiger partial charge in [0.25, 0.3) is 0 Å². The molecular formula is C55H41IN2S. The number of nitrogens with one attached hydrogen (secondary N) is 1. The lowest BCUT2D eigenvalue weighted by molar-refractivity contribution is 0.660. The number of anilines is 4.